The van der Waals surface area contributed by atoms with Crippen molar-refractivity contribution < 1.29 is 33.6 Å². The molecule has 0 aliphatic heterocycles. The van der Waals surface area contributed by atoms with Gasteiger partial charge in [0.25, 0.3) is 0 Å². The van der Waals surface area contributed by atoms with Crippen molar-refractivity contribution in [2.24, 2.45) is 0 Å². The van der Waals surface area contributed by atoms with Gasteiger partial charge in [-0.1, -0.05) is 12.1 Å². The molecule has 0 radical (unpaired) electrons. The molecule has 0 amide bonds. The van der Waals surface area contributed by atoms with Crippen LogP contribution in [-0.4, -0.2) is 44.8 Å². The highest BCUT2D eigenvalue weighted by Gasteiger charge is 2.19. The number of carbonyl (C=O) groups excluding carboxylic acids is 2. The van der Waals surface area contributed by atoms with Crippen LogP contribution in [0, 0.1) is 0 Å². The van der Waals surface area contributed by atoms with Crippen molar-refractivity contribution in [3.8, 4) is 23.0 Å². The van der Waals surface area contributed by atoms with Gasteiger partial charge in [-0.15, -0.1) is 0 Å². The van der Waals surface area contributed by atoms with Gasteiger partial charge < -0.3 is 24.1 Å². The first-order valence-electron chi connectivity index (χ1n) is 7.30. The van der Waals surface area contributed by atoms with Crippen molar-refractivity contribution in [2.75, 3.05) is 27.9 Å². The van der Waals surface area contributed by atoms with Crippen molar-refractivity contribution >= 4 is 11.8 Å². The molecule has 7 heteroatoms. The zero-order valence-electron chi connectivity index (χ0n) is 14.1. The van der Waals surface area contributed by atoms with E-state index in [-0.39, 0.29) is 22.8 Å². The average Bonchev–Trinajstić information content (AvgIpc) is 2.65. The summed E-state index contributed by atoms with van der Waals surface area (Å²) in [6, 6.07) is 9.25. The summed E-state index contributed by atoms with van der Waals surface area (Å²) in [7, 11) is 4.14. The Bertz CT molecular complexity index is 758. The molecule has 0 aliphatic carbocycles. The van der Waals surface area contributed by atoms with Gasteiger partial charge in [0.2, 0.25) is 11.5 Å². The highest BCUT2D eigenvalue weighted by molar-refractivity contribution is 6.01. The first kappa shape index (κ1) is 18.1. The summed E-state index contributed by atoms with van der Waals surface area (Å²) < 4.78 is 20.1. The second-order valence-electron chi connectivity index (χ2n) is 4.93. The smallest absolute Gasteiger partial charge is 0.338 e. The van der Waals surface area contributed by atoms with E-state index in [0.717, 1.165) is 0 Å². The van der Waals surface area contributed by atoms with E-state index in [0.29, 0.717) is 11.3 Å². The third kappa shape index (κ3) is 4.00. The fourth-order valence-corrected chi connectivity index (χ4v) is 2.18. The van der Waals surface area contributed by atoms with Crippen molar-refractivity contribution in [3.05, 3.63) is 47.5 Å². The lowest BCUT2D eigenvalue weighted by Crippen LogP contribution is -2.15. The van der Waals surface area contributed by atoms with Crippen molar-refractivity contribution in [1.82, 2.24) is 0 Å². The van der Waals surface area contributed by atoms with Crippen LogP contribution in [0.25, 0.3) is 0 Å². The summed E-state index contributed by atoms with van der Waals surface area (Å²) in [5.74, 6) is -0.865. The Morgan fingerprint density at radius 1 is 0.920 bits per heavy atom. The molecule has 1 N–H and O–H groups in total. The van der Waals surface area contributed by atoms with Gasteiger partial charge >= 0.3 is 5.97 Å². The number of hydrogen-bond donors (Lipinski definition) is 1. The number of carbonyl (C=O) groups is 2. The Morgan fingerprint density at radius 3 is 2.04 bits per heavy atom. The number of hydrogen-bond acceptors (Lipinski definition) is 7. The molecule has 0 bridgehead atoms. The van der Waals surface area contributed by atoms with Crippen LogP contribution in [0.5, 0.6) is 23.0 Å². The SMILES string of the molecule is COc1ccccc1C(=O)COC(=O)c1cc(OC)c(O)c(OC)c1. The molecule has 25 heavy (non-hydrogen) atoms. The Morgan fingerprint density at radius 2 is 1.48 bits per heavy atom. The van der Waals surface area contributed by atoms with Gasteiger partial charge in [0.05, 0.1) is 32.5 Å². The normalized spacial score (nSPS) is 10.0. The number of benzene rings is 2. The van der Waals surface area contributed by atoms with Crippen molar-refractivity contribution in [3.63, 3.8) is 0 Å². The van der Waals surface area contributed by atoms with Crippen LogP contribution in [0.3, 0.4) is 0 Å². The molecule has 2 aromatic carbocycles. The molecular weight excluding hydrogens is 328 g/mol. The van der Waals surface area contributed by atoms with Crippen molar-refractivity contribution in [2.45, 2.75) is 0 Å². The molecular formula is C18H18O7. The second kappa shape index (κ2) is 8.05. The summed E-state index contributed by atoms with van der Waals surface area (Å²) in [6.45, 7) is -0.454. The number of aromatic hydroxyl groups is 1. The number of phenols is 1. The molecule has 0 aromatic heterocycles. The minimum Gasteiger partial charge on any atom is -0.502 e. The van der Waals surface area contributed by atoms with Gasteiger partial charge in [-0.05, 0) is 24.3 Å². The molecule has 0 fully saturated rings. The monoisotopic (exact) mass is 346 g/mol. The van der Waals surface area contributed by atoms with E-state index < -0.39 is 18.4 Å². The predicted molar refractivity (Wildman–Crippen MR) is 88.8 cm³/mol. The van der Waals surface area contributed by atoms with Crippen LogP contribution in [0.1, 0.15) is 20.7 Å². The molecule has 0 spiro atoms. The third-order valence-electron chi connectivity index (χ3n) is 3.46. The fourth-order valence-electron chi connectivity index (χ4n) is 2.18. The molecule has 0 heterocycles. The summed E-state index contributed by atoms with van der Waals surface area (Å²) in [5, 5.41) is 9.85. The number of para-hydroxylation sites is 1. The maximum absolute atomic E-state index is 12.2. The average molecular weight is 346 g/mol. The van der Waals surface area contributed by atoms with E-state index in [9.17, 15) is 14.7 Å². The minimum absolute atomic E-state index is 0.0577. The van der Waals surface area contributed by atoms with E-state index in [4.69, 9.17) is 18.9 Å². The number of esters is 1. The molecule has 7 nitrogen and oxygen atoms in total. The van der Waals surface area contributed by atoms with E-state index in [1.54, 1.807) is 24.3 Å². The van der Waals surface area contributed by atoms with Crippen molar-refractivity contribution in [1.29, 1.82) is 0 Å². The molecule has 0 atom stereocenters. The summed E-state index contributed by atoms with van der Waals surface area (Å²) in [6.07, 6.45) is 0. The van der Waals surface area contributed by atoms with Crippen LogP contribution in [0.4, 0.5) is 0 Å². The van der Waals surface area contributed by atoms with E-state index in [1.807, 2.05) is 0 Å². The molecule has 0 aliphatic rings. The molecule has 0 saturated heterocycles. The zero-order valence-corrected chi connectivity index (χ0v) is 14.1. The number of ketones is 1. The van der Waals surface area contributed by atoms with E-state index >= 15 is 0 Å². The standard InChI is InChI=1S/C18H18O7/c1-22-14-7-5-4-6-12(14)13(19)10-25-18(21)11-8-15(23-2)17(20)16(9-11)24-3/h4-9,20H,10H2,1-3H3. The van der Waals surface area contributed by atoms with E-state index in [1.165, 1.54) is 33.5 Å². The largest absolute Gasteiger partial charge is 0.502 e. The lowest BCUT2D eigenvalue weighted by Gasteiger charge is -2.11. The summed E-state index contributed by atoms with van der Waals surface area (Å²) in [4.78, 5) is 24.4. The zero-order chi connectivity index (χ0) is 18.4. The first-order valence-corrected chi connectivity index (χ1v) is 7.30. The van der Waals surface area contributed by atoms with Crippen LogP contribution < -0.4 is 14.2 Å². The van der Waals surface area contributed by atoms with Crippen LogP contribution in [0.2, 0.25) is 0 Å². The Hall–Kier alpha value is -3.22. The highest BCUT2D eigenvalue weighted by Crippen LogP contribution is 2.37. The van der Waals surface area contributed by atoms with Gasteiger partial charge in [-0.2, -0.15) is 0 Å². The predicted octanol–water partition coefficient (Wildman–Crippen LogP) is 2.46. The quantitative estimate of drug-likeness (QED) is 0.608. The van der Waals surface area contributed by atoms with E-state index in [2.05, 4.69) is 0 Å². The number of ether oxygens (including phenoxy) is 4. The second-order valence-corrected chi connectivity index (χ2v) is 4.93. The Balaban J connectivity index is 2.14. The highest BCUT2D eigenvalue weighted by atomic mass is 16.5. The number of methoxy groups -OCH3 is 3. The summed E-state index contributed by atoms with van der Waals surface area (Å²) in [5.41, 5.74) is 0.401. The van der Waals surface area contributed by atoms with Gasteiger partial charge in [0.1, 0.15) is 5.75 Å². The Kier molecular flexibility index (Phi) is 5.84. The van der Waals surface area contributed by atoms with Gasteiger partial charge in [-0.25, -0.2) is 4.79 Å². The topological polar surface area (TPSA) is 91.3 Å². The Labute approximate surface area is 144 Å². The summed E-state index contributed by atoms with van der Waals surface area (Å²) >= 11 is 0. The molecule has 2 aromatic rings. The van der Waals surface area contributed by atoms with Crippen LogP contribution in [-0.2, 0) is 4.74 Å². The van der Waals surface area contributed by atoms with Gasteiger partial charge in [0, 0.05) is 0 Å². The minimum atomic E-state index is -0.750. The fraction of sp³-hybridized carbons (Fsp3) is 0.222. The lowest BCUT2D eigenvalue weighted by molar-refractivity contribution is 0.0473. The molecule has 2 rings (SSSR count). The van der Waals surface area contributed by atoms with Gasteiger partial charge in [-0.3, -0.25) is 4.79 Å². The van der Waals surface area contributed by atoms with Crippen LogP contribution >= 0.6 is 0 Å². The molecule has 0 saturated carbocycles. The maximum Gasteiger partial charge on any atom is 0.338 e. The third-order valence-corrected chi connectivity index (χ3v) is 3.46. The van der Waals surface area contributed by atoms with Gasteiger partial charge in [0.15, 0.2) is 18.1 Å². The van der Waals surface area contributed by atoms with Crippen LogP contribution in [0.15, 0.2) is 36.4 Å². The molecule has 0 unspecified atom stereocenters. The number of Topliss-reactive ketones (excluding diaryl/α,β-unsaturated/α-hetero) is 1. The lowest BCUT2D eigenvalue weighted by atomic mass is 10.1. The molecule has 132 valence electrons. The first-order chi connectivity index (χ1) is 12.0. The number of rotatable bonds is 7. The number of phenolic OH excluding ortho intramolecular Hbond substituents is 1. The maximum atomic E-state index is 12.2.